The summed E-state index contributed by atoms with van der Waals surface area (Å²) in [5, 5.41) is 9.78. The summed E-state index contributed by atoms with van der Waals surface area (Å²) in [6, 6.07) is 0. The quantitative estimate of drug-likeness (QED) is 0.754. The number of aliphatic hydroxyl groups excluding tert-OH is 1. The van der Waals surface area contributed by atoms with Crippen LogP contribution in [0.2, 0.25) is 0 Å². The first-order valence-corrected chi connectivity index (χ1v) is 6.15. The molecule has 3 heteroatoms. The van der Waals surface area contributed by atoms with Crippen LogP contribution in [-0.2, 0) is 4.74 Å². The van der Waals surface area contributed by atoms with Gasteiger partial charge in [0.2, 0.25) is 0 Å². The van der Waals surface area contributed by atoms with Gasteiger partial charge in [-0.3, -0.25) is 0 Å². The summed E-state index contributed by atoms with van der Waals surface area (Å²) in [4.78, 5) is 2.35. The predicted octanol–water partition coefficient (Wildman–Crippen LogP) is 1.50. The van der Waals surface area contributed by atoms with Gasteiger partial charge in [-0.25, -0.2) is 0 Å². The van der Waals surface area contributed by atoms with Gasteiger partial charge in [-0.2, -0.15) is 0 Å². The van der Waals surface area contributed by atoms with Crippen molar-refractivity contribution in [2.45, 2.75) is 45.8 Å². The smallest absolute Gasteiger partial charge is 0.0689 e. The van der Waals surface area contributed by atoms with Crippen LogP contribution in [0.5, 0.6) is 0 Å². The largest absolute Gasteiger partial charge is 0.392 e. The second-order valence-electron chi connectivity index (χ2n) is 4.77. The number of piperidine rings is 1. The molecular weight excluding hydrogens is 190 g/mol. The van der Waals surface area contributed by atoms with Crippen molar-refractivity contribution in [3.05, 3.63) is 0 Å². The fraction of sp³-hybridized carbons (Fsp3) is 1.00. The summed E-state index contributed by atoms with van der Waals surface area (Å²) in [6.07, 6.45) is 2.48. The summed E-state index contributed by atoms with van der Waals surface area (Å²) in [5.74, 6) is 0.356. The summed E-state index contributed by atoms with van der Waals surface area (Å²) < 4.78 is 5.59. The first-order valence-electron chi connectivity index (χ1n) is 6.15. The molecule has 90 valence electrons. The molecular formula is C12H25NO2. The van der Waals surface area contributed by atoms with E-state index in [4.69, 9.17) is 4.74 Å². The number of ether oxygens (including phenoxy) is 1. The van der Waals surface area contributed by atoms with Gasteiger partial charge in [-0.15, -0.1) is 0 Å². The Hall–Kier alpha value is -0.120. The van der Waals surface area contributed by atoms with Gasteiger partial charge in [0.15, 0.2) is 0 Å². The van der Waals surface area contributed by atoms with Crippen LogP contribution in [0.3, 0.4) is 0 Å². The highest BCUT2D eigenvalue weighted by atomic mass is 16.5. The Balaban J connectivity index is 2.19. The van der Waals surface area contributed by atoms with Gasteiger partial charge in [0.25, 0.3) is 0 Å². The van der Waals surface area contributed by atoms with E-state index in [1.54, 1.807) is 0 Å². The summed E-state index contributed by atoms with van der Waals surface area (Å²) in [7, 11) is 0. The van der Waals surface area contributed by atoms with Gasteiger partial charge in [0.05, 0.1) is 12.2 Å². The molecule has 0 aromatic heterocycles. The zero-order valence-electron chi connectivity index (χ0n) is 10.3. The van der Waals surface area contributed by atoms with Crippen molar-refractivity contribution < 1.29 is 9.84 Å². The molecule has 1 fully saturated rings. The van der Waals surface area contributed by atoms with Crippen LogP contribution in [0, 0.1) is 5.92 Å². The molecule has 1 aliphatic rings. The molecule has 0 saturated carbocycles. The molecule has 1 heterocycles. The molecule has 1 rings (SSSR count). The Labute approximate surface area is 93.4 Å². The van der Waals surface area contributed by atoms with Crippen LogP contribution in [0.4, 0.5) is 0 Å². The van der Waals surface area contributed by atoms with E-state index in [0.29, 0.717) is 12.0 Å². The first-order chi connectivity index (χ1) is 7.13. The van der Waals surface area contributed by atoms with E-state index in [-0.39, 0.29) is 6.10 Å². The maximum atomic E-state index is 9.78. The molecule has 1 atom stereocenters. The van der Waals surface area contributed by atoms with Crippen molar-refractivity contribution in [2.75, 3.05) is 26.2 Å². The van der Waals surface area contributed by atoms with E-state index in [0.717, 1.165) is 39.1 Å². The highest BCUT2D eigenvalue weighted by molar-refractivity contribution is 4.75. The van der Waals surface area contributed by atoms with Gasteiger partial charge >= 0.3 is 0 Å². The molecule has 1 unspecified atom stereocenters. The van der Waals surface area contributed by atoms with Crippen molar-refractivity contribution in [3.63, 3.8) is 0 Å². The van der Waals surface area contributed by atoms with E-state index in [2.05, 4.69) is 25.7 Å². The minimum Gasteiger partial charge on any atom is -0.392 e. The molecule has 3 nitrogen and oxygen atoms in total. The molecule has 15 heavy (non-hydrogen) atoms. The lowest BCUT2D eigenvalue weighted by molar-refractivity contribution is -0.00182. The average Bonchev–Trinajstić information content (AvgIpc) is 2.21. The van der Waals surface area contributed by atoms with E-state index in [1.165, 1.54) is 0 Å². The van der Waals surface area contributed by atoms with Crippen molar-refractivity contribution in [3.8, 4) is 0 Å². The van der Waals surface area contributed by atoms with Gasteiger partial charge < -0.3 is 14.7 Å². The minimum absolute atomic E-state index is 0.186. The monoisotopic (exact) mass is 215 g/mol. The Morgan fingerprint density at radius 1 is 1.33 bits per heavy atom. The Kier molecular flexibility index (Phi) is 5.58. The third-order valence-corrected chi connectivity index (χ3v) is 3.15. The zero-order chi connectivity index (χ0) is 11.3. The molecule has 0 spiro atoms. The lowest BCUT2D eigenvalue weighted by Gasteiger charge is -2.33. The lowest BCUT2D eigenvalue weighted by Crippen LogP contribution is -2.42. The molecule has 0 bridgehead atoms. The van der Waals surface area contributed by atoms with E-state index in [1.807, 2.05) is 0 Å². The number of hydrogen-bond acceptors (Lipinski definition) is 3. The summed E-state index contributed by atoms with van der Waals surface area (Å²) in [5.41, 5.74) is 0. The Morgan fingerprint density at radius 3 is 2.40 bits per heavy atom. The van der Waals surface area contributed by atoms with Gasteiger partial charge in [-0.05, 0) is 25.7 Å². The summed E-state index contributed by atoms with van der Waals surface area (Å²) in [6.45, 7) is 9.95. The number of β-amino-alcohol motifs (C(OH)–C–C–N with tert-alkyl or cyclic N) is 1. The lowest BCUT2D eigenvalue weighted by atomic mass is 10.0. The SMILES string of the molecule is CCOC1CCN(CC(O)C(C)C)CC1. The fourth-order valence-corrected chi connectivity index (χ4v) is 1.97. The molecule has 0 aromatic carbocycles. The standard InChI is InChI=1S/C12H25NO2/c1-4-15-11-5-7-13(8-6-11)9-12(14)10(2)3/h10-12,14H,4-9H2,1-3H3. The molecule has 1 N–H and O–H groups in total. The number of hydrogen-bond donors (Lipinski definition) is 1. The molecule has 0 aromatic rings. The fourth-order valence-electron chi connectivity index (χ4n) is 1.97. The molecule has 0 radical (unpaired) electrons. The second kappa shape index (κ2) is 6.46. The highest BCUT2D eigenvalue weighted by Gasteiger charge is 2.21. The second-order valence-corrected chi connectivity index (χ2v) is 4.77. The molecule has 0 amide bonds. The predicted molar refractivity (Wildman–Crippen MR) is 61.9 cm³/mol. The average molecular weight is 215 g/mol. The Morgan fingerprint density at radius 2 is 1.93 bits per heavy atom. The maximum absolute atomic E-state index is 9.78. The highest BCUT2D eigenvalue weighted by Crippen LogP contribution is 2.15. The molecule has 1 saturated heterocycles. The van der Waals surface area contributed by atoms with Crippen molar-refractivity contribution in [2.24, 2.45) is 5.92 Å². The van der Waals surface area contributed by atoms with Crippen molar-refractivity contribution in [1.82, 2.24) is 4.90 Å². The first kappa shape index (κ1) is 12.9. The van der Waals surface area contributed by atoms with Gasteiger partial charge in [0.1, 0.15) is 0 Å². The molecule has 1 aliphatic heterocycles. The minimum atomic E-state index is -0.186. The number of nitrogens with zero attached hydrogens (tertiary/aromatic N) is 1. The number of aliphatic hydroxyl groups is 1. The van der Waals surface area contributed by atoms with Crippen molar-refractivity contribution >= 4 is 0 Å². The van der Waals surface area contributed by atoms with E-state index >= 15 is 0 Å². The molecule has 0 aliphatic carbocycles. The van der Waals surface area contributed by atoms with Gasteiger partial charge in [0, 0.05) is 26.2 Å². The van der Waals surface area contributed by atoms with Crippen LogP contribution < -0.4 is 0 Å². The third kappa shape index (κ3) is 4.49. The maximum Gasteiger partial charge on any atom is 0.0689 e. The van der Waals surface area contributed by atoms with Gasteiger partial charge in [-0.1, -0.05) is 13.8 Å². The number of likely N-dealkylation sites (tertiary alicyclic amines) is 1. The third-order valence-electron chi connectivity index (χ3n) is 3.15. The van der Waals surface area contributed by atoms with E-state index in [9.17, 15) is 5.11 Å². The van der Waals surface area contributed by atoms with E-state index < -0.39 is 0 Å². The topological polar surface area (TPSA) is 32.7 Å². The summed E-state index contributed by atoms with van der Waals surface area (Å²) >= 11 is 0. The van der Waals surface area contributed by atoms with Crippen LogP contribution in [-0.4, -0.2) is 48.5 Å². The van der Waals surface area contributed by atoms with Crippen LogP contribution in [0.15, 0.2) is 0 Å². The van der Waals surface area contributed by atoms with Crippen LogP contribution in [0.25, 0.3) is 0 Å². The zero-order valence-corrected chi connectivity index (χ0v) is 10.3. The normalized spacial score (nSPS) is 22.2. The number of rotatable bonds is 5. The Bertz CT molecular complexity index is 165. The van der Waals surface area contributed by atoms with Crippen molar-refractivity contribution in [1.29, 1.82) is 0 Å². The van der Waals surface area contributed by atoms with Crippen LogP contribution in [0.1, 0.15) is 33.6 Å². The van der Waals surface area contributed by atoms with Crippen LogP contribution >= 0.6 is 0 Å².